The largest absolute Gasteiger partial charge is 0.573 e. The topological polar surface area (TPSA) is 75.7 Å². The summed E-state index contributed by atoms with van der Waals surface area (Å²) in [5.74, 6) is -0.597. The van der Waals surface area contributed by atoms with Crippen LogP contribution in [0.1, 0.15) is 24.0 Å². The zero-order valence-electron chi connectivity index (χ0n) is 15.8. The standard InChI is InChI=1S/C20H19F3N2O4S/c21-20(22,23)29-17-3-1-2-4-18(17)30(27,28)24-16-8-7-13-9-10-25(12-15(13)11-16)19(26)14-5-6-14/h1-4,7-8,11,14,24H,5-6,9-10,12H2. The van der Waals surface area contributed by atoms with E-state index in [0.717, 1.165) is 36.1 Å². The van der Waals surface area contributed by atoms with Crippen LogP contribution < -0.4 is 9.46 Å². The number of para-hydroxylation sites is 1. The number of carbonyl (C=O) groups is 1. The minimum absolute atomic E-state index is 0.0957. The van der Waals surface area contributed by atoms with E-state index < -0.39 is 27.0 Å². The first-order valence-electron chi connectivity index (χ1n) is 9.40. The van der Waals surface area contributed by atoms with E-state index in [1.165, 1.54) is 12.1 Å². The number of nitrogens with zero attached hydrogens (tertiary/aromatic N) is 1. The summed E-state index contributed by atoms with van der Waals surface area (Å²) >= 11 is 0. The summed E-state index contributed by atoms with van der Waals surface area (Å²) in [5.41, 5.74) is 2.03. The Morgan fingerprint density at radius 3 is 2.53 bits per heavy atom. The number of fused-ring (bicyclic) bond motifs is 1. The Bertz CT molecular complexity index is 1080. The van der Waals surface area contributed by atoms with Crippen molar-refractivity contribution in [3.05, 3.63) is 53.6 Å². The molecule has 0 unspecified atom stereocenters. The molecule has 2 aromatic rings. The molecule has 160 valence electrons. The fourth-order valence-corrected chi connectivity index (χ4v) is 4.67. The third-order valence-corrected chi connectivity index (χ3v) is 6.49. The van der Waals surface area contributed by atoms with Gasteiger partial charge in [0.1, 0.15) is 10.6 Å². The summed E-state index contributed by atoms with van der Waals surface area (Å²) in [5, 5.41) is 0. The molecular weight excluding hydrogens is 421 g/mol. The molecule has 1 fully saturated rings. The van der Waals surface area contributed by atoms with Crippen molar-refractivity contribution in [2.75, 3.05) is 11.3 Å². The third-order valence-electron chi connectivity index (χ3n) is 5.07. The van der Waals surface area contributed by atoms with Gasteiger partial charge in [-0.1, -0.05) is 18.2 Å². The number of rotatable bonds is 5. The van der Waals surface area contributed by atoms with Gasteiger partial charge < -0.3 is 9.64 Å². The maximum atomic E-state index is 12.7. The van der Waals surface area contributed by atoms with E-state index in [-0.39, 0.29) is 17.5 Å². The van der Waals surface area contributed by atoms with Crippen LogP contribution in [-0.4, -0.2) is 32.1 Å². The summed E-state index contributed by atoms with van der Waals surface area (Å²) in [6.07, 6.45) is -2.54. The zero-order chi connectivity index (χ0) is 21.5. The molecule has 1 amide bonds. The average Bonchev–Trinajstić information content (AvgIpc) is 3.51. The second-order valence-corrected chi connectivity index (χ2v) is 9.02. The minimum Gasteiger partial charge on any atom is -0.404 e. The number of benzene rings is 2. The highest BCUT2D eigenvalue weighted by Crippen LogP contribution is 2.34. The van der Waals surface area contributed by atoms with Crippen LogP contribution in [0, 0.1) is 5.92 Å². The van der Waals surface area contributed by atoms with Gasteiger partial charge in [-0.25, -0.2) is 8.42 Å². The Morgan fingerprint density at radius 2 is 1.83 bits per heavy atom. The van der Waals surface area contributed by atoms with E-state index in [1.807, 2.05) is 0 Å². The highest BCUT2D eigenvalue weighted by molar-refractivity contribution is 7.92. The van der Waals surface area contributed by atoms with E-state index in [1.54, 1.807) is 23.1 Å². The van der Waals surface area contributed by atoms with Gasteiger partial charge in [0, 0.05) is 24.7 Å². The number of nitrogens with one attached hydrogen (secondary N) is 1. The molecule has 1 saturated carbocycles. The van der Waals surface area contributed by atoms with Crippen LogP contribution in [0.15, 0.2) is 47.4 Å². The lowest BCUT2D eigenvalue weighted by Gasteiger charge is -2.29. The number of ether oxygens (including phenoxy) is 1. The Hall–Kier alpha value is -2.75. The van der Waals surface area contributed by atoms with E-state index in [4.69, 9.17) is 0 Å². The van der Waals surface area contributed by atoms with Crippen LogP contribution in [-0.2, 0) is 27.8 Å². The predicted molar refractivity (Wildman–Crippen MR) is 102 cm³/mol. The van der Waals surface area contributed by atoms with Crippen molar-refractivity contribution < 1.29 is 31.1 Å². The summed E-state index contributed by atoms with van der Waals surface area (Å²) in [6.45, 7) is 1.00. The van der Waals surface area contributed by atoms with Crippen LogP contribution in [0.3, 0.4) is 0 Å². The Labute approximate surface area is 171 Å². The molecule has 30 heavy (non-hydrogen) atoms. The average molecular weight is 440 g/mol. The van der Waals surface area contributed by atoms with E-state index in [9.17, 15) is 26.4 Å². The molecule has 1 N–H and O–H groups in total. The van der Waals surface area contributed by atoms with E-state index >= 15 is 0 Å². The van der Waals surface area contributed by atoms with Gasteiger partial charge in [-0.05, 0) is 54.7 Å². The number of hydrogen-bond acceptors (Lipinski definition) is 4. The lowest BCUT2D eigenvalue weighted by molar-refractivity contribution is -0.275. The SMILES string of the molecule is O=C(C1CC1)N1CCc2ccc(NS(=O)(=O)c3ccccc3OC(F)(F)F)cc2C1. The van der Waals surface area contributed by atoms with E-state index in [2.05, 4.69) is 9.46 Å². The highest BCUT2D eigenvalue weighted by atomic mass is 32.2. The molecule has 1 heterocycles. The molecule has 1 aliphatic heterocycles. The monoisotopic (exact) mass is 440 g/mol. The second-order valence-electron chi connectivity index (χ2n) is 7.37. The van der Waals surface area contributed by atoms with Gasteiger partial charge in [-0.2, -0.15) is 0 Å². The molecule has 10 heteroatoms. The van der Waals surface area contributed by atoms with Gasteiger partial charge in [0.15, 0.2) is 0 Å². The number of alkyl halides is 3. The Kier molecular flexibility index (Phi) is 5.13. The molecule has 1 aliphatic carbocycles. The van der Waals surface area contributed by atoms with Crippen molar-refractivity contribution in [1.82, 2.24) is 4.90 Å². The zero-order valence-corrected chi connectivity index (χ0v) is 16.6. The van der Waals surface area contributed by atoms with Crippen molar-refractivity contribution in [2.45, 2.75) is 37.1 Å². The smallest absolute Gasteiger partial charge is 0.404 e. The molecule has 4 rings (SSSR count). The quantitative estimate of drug-likeness (QED) is 0.770. The fraction of sp³-hybridized carbons (Fsp3) is 0.350. The lowest BCUT2D eigenvalue weighted by Crippen LogP contribution is -2.36. The van der Waals surface area contributed by atoms with Gasteiger partial charge in [-0.15, -0.1) is 13.2 Å². The first kappa shape index (κ1) is 20.5. The molecule has 2 aliphatic rings. The fourth-order valence-electron chi connectivity index (χ4n) is 3.49. The van der Waals surface area contributed by atoms with Gasteiger partial charge in [0.25, 0.3) is 10.0 Å². The molecule has 0 atom stereocenters. The molecule has 0 aromatic heterocycles. The van der Waals surface area contributed by atoms with E-state index in [0.29, 0.717) is 19.5 Å². The van der Waals surface area contributed by atoms with Crippen molar-refractivity contribution in [2.24, 2.45) is 5.92 Å². The third kappa shape index (κ3) is 4.53. The van der Waals surface area contributed by atoms with Gasteiger partial charge in [0.2, 0.25) is 5.91 Å². The maximum Gasteiger partial charge on any atom is 0.573 e. The normalized spacial score (nSPS) is 16.7. The molecule has 0 saturated heterocycles. The highest BCUT2D eigenvalue weighted by Gasteiger charge is 2.35. The first-order valence-corrected chi connectivity index (χ1v) is 10.9. The van der Waals surface area contributed by atoms with Crippen LogP contribution in [0.4, 0.5) is 18.9 Å². The molecular formula is C20H19F3N2O4S. The number of halogens is 3. The van der Waals surface area contributed by atoms with Gasteiger partial charge in [0.05, 0.1) is 0 Å². The first-order chi connectivity index (χ1) is 14.1. The summed E-state index contributed by atoms with van der Waals surface area (Å²) in [4.78, 5) is 13.5. The minimum atomic E-state index is -5.02. The predicted octanol–water partition coefficient (Wildman–Crippen LogP) is 3.68. The van der Waals surface area contributed by atoms with Gasteiger partial charge in [-0.3, -0.25) is 9.52 Å². The van der Waals surface area contributed by atoms with Crippen LogP contribution in [0.25, 0.3) is 0 Å². The maximum absolute atomic E-state index is 12.7. The number of hydrogen-bond donors (Lipinski definition) is 1. The van der Waals surface area contributed by atoms with Gasteiger partial charge >= 0.3 is 6.36 Å². The van der Waals surface area contributed by atoms with Crippen molar-refractivity contribution >= 4 is 21.6 Å². The number of amides is 1. The second kappa shape index (κ2) is 7.50. The molecule has 2 aromatic carbocycles. The summed E-state index contributed by atoms with van der Waals surface area (Å²) in [6, 6.07) is 9.49. The number of sulfonamides is 1. The van der Waals surface area contributed by atoms with Crippen molar-refractivity contribution in [3.8, 4) is 5.75 Å². The Morgan fingerprint density at radius 1 is 1.10 bits per heavy atom. The molecule has 0 bridgehead atoms. The van der Waals surface area contributed by atoms with Crippen molar-refractivity contribution in [3.63, 3.8) is 0 Å². The number of carbonyl (C=O) groups excluding carboxylic acids is 1. The van der Waals surface area contributed by atoms with Crippen LogP contribution in [0.2, 0.25) is 0 Å². The summed E-state index contributed by atoms with van der Waals surface area (Å²) < 4.78 is 69.5. The molecule has 0 radical (unpaired) electrons. The summed E-state index contributed by atoms with van der Waals surface area (Å²) in [7, 11) is -4.33. The lowest BCUT2D eigenvalue weighted by atomic mass is 9.99. The van der Waals surface area contributed by atoms with Crippen molar-refractivity contribution in [1.29, 1.82) is 0 Å². The Balaban J connectivity index is 1.56. The molecule has 6 nitrogen and oxygen atoms in total. The molecule has 0 spiro atoms. The number of anilines is 1. The van der Waals surface area contributed by atoms with Crippen LogP contribution in [0.5, 0.6) is 5.75 Å². The van der Waals surface area contributed by atoms with Crippen LogP contribution >= 0.6 is 0 Å².